The van der Waals surface area contributed by atoms with E-state index in [-0.39, 0.29) is 66.7 Å². The molecular formula is C47H82O13. The standard InChI is InChI=1S/C47H82O13/c1-12-38-42(9,51)19-18-39(56-38)43(10)23-30(6)47(54,60-43)44(11)20-17-34(57-44)24-45(52)29(5)21-27(3)37(59-45)25-46(53)28(4)14-16-36(58-46)31(7)35(48)22-33-15-13-26(2)40(55-33)32(8)41(49)50/h26-40,48,51-54H,12-25H2,1-11H3,(H,49,50)/t26-,27-,28-,29+,30+,31-,32+,33+,34-,35+,36+,37+,38-,39+,40-,42+,43-,44-,45-,46+,47+/m0/s1. The summed E-state index contributed by atoms with van der Waals surface area (Å²) in [5, 5.41) is 68.9. The van der Waals surface area contributed by atoms with Crippen LogP contribution >= 0.6 is 0 Å². The van der Waals surface area contributed by atoms with Crippen molar-refractivity contribution in [2.24, 2.45) is 41.4 Å². The first-order chi connectivity index (χ1) is 27.8. The van der Waals surface area contributed by atoms with E-state index in [2.05, 4.69) is 6.92 Å². The topological polar surface area (TPSA) is 194 Å². The SMILES string of the molecule is CC[C@@H]1O[C@@H]([C@]2(C)C[C@@H](C)[C@](O)([C@]3(C)CC[C@@H](C[C@]4(O)O[C@H](C[C@@]5(O)O[C@@H]([C@@H](C)[C@H](O)C[C@H]6CC[C@H](C)[C@@H]([C@@H](C)C(=O)O)O6)CC[C@@H]5C)[C@@H](C)C[C@H]4C)O3)O2)CC[C@@]1(C)O. The molecule has 6 fully saturated rings. The van der Waals surface area contributed by atoms with Gasteiger partial charge < -0.3 is 59.1 Å². The number of carbonyl (C=O) groups is 1. The predicted molar refractivity (Wildman–Crippen MR) is 223 cm³/mol. The van der Waals surface area contributed by atoms with Crippen LogP contribution < -0.4 is 0 Å². The van der Waals surface area contributed by atoms with Gasteiger partial charge in [-0.3, -0.25) is 4.79 Å². The van der Waals surface area contributed by atoms with E-state index in [0.29, 0.717) is 64.2 Å². The van der Waals surface area contributed by atoms with Crippen LogP contribution in [0.3, 0.4) is 0 Å². The van der Waals surface area contributed by atoms with E-state index >= 15 is 0 Å². The minimum atomic E-state index is -1.59. The zero-order valence-electron chi connectivity index (χ0n) is 38.6. The Bertz CT molecular complexity index is 1480. The van der Waals surface area contributed by atoms with Crippen LogP contribution in [0.25, 0.3) is 0 Å². The summed E-state index contributed by atoms with van der Waals surface area (Å²) in [5.41, 5.74) is -2.72. The van der Waals surface area contributed by atoms with Gasteiger partial charge in [0.05, 0.1) is 66.0 Å². The smallest absolute Gasteiger partial charge is 0.308 e. The number of carboxylic acids is 1. The van der Waals surface area contributed by atoms with Crippen molar-refractivity contribution in [1.29, 1.82) is 0 Å². The number of carboxylic acid groups (broad SMARTS) is 1. The van der Waals surface area contributed by atoms with Gasteiger partial charge in [-0.25, -0.2) is 0 Å². The molecule has 6 N–H and O–H groups in total. The van der Waals surface area contributed by atoms with E-state index in [0.717, 1.165) is 12.8 Å². The maximum Gasteiger partial charge on any atom is 0.308 e. The van der Waals surface area contributed by atoms with Gasteiger partial charge in [-0.15, -0.1) is 0 Å². The van der Waals surface area contributed by atoms with Crippen LogP contribution in [0, 0.1) is 41.4 Å². The first-order valence-corrected chi connectivity index (χ1v) is 23.6. The maximum absolute atomic E-state index is 12.4. The summed E-state index contributed by atoms with van der Waals surface area (Å²) in [6, 6.07) is 0. The monoisotopic (exact) mass is 855 g/mol. The molecule has 0 aromatic rings. The molecule has 0 aliphatic carbocycles. The quantitative estimate of drug-likeness (QED) is 0.118. The minimum absolute atomic E-state index is 0.0226. The Morgan fingerprint density at radius 3 is 2.10 bits per heavy atom. The summed E-state index contributed by atoms with van der Waals surface area (Å²) in [6.07, 6.45) is 4.56. The van der Waals surface area contributed by atoms with Crippen LogP contribution in [0.15, 0.2) is 0 Å². The Kier molecular flexibility index (Phi) is 14.4. The van der Waals surface area contributed by atoms with Gasteiger partial charge in [-0.05, 0) is 117 Å². The highest BCUT2D eigenvalue weighted by molar-refractivity contribution is 5.70. The summed E-state index contributed by atoms with van der Waals surface area (Å²) < 4.78 is 39.4. The average Bonchev–Trinajstić information content (AvgIpc) is 3.67. The van der Waals surface area contributed by atoms with Crippen LogP contribution in [0.4, 0.5) is 0 Å². The van der Waals surface area contributed by atoms with Gasteiger partial charge in [0.1, 0.15) is 5.60 Å². The zero-order chi connectivity index (χ0) is 44.4. The summed E-state index contributed by atoms with van der Waals surface area (Å²) >= 11 is 0. The number of aliphatic carboxylic acids is 1. The first kappa shape index (κ1) is 48.5. The fourth-order valence-corrected chi connectivity index (χ4v) is 12.3. The summed E-state index contributed by atoms with van der Waals surface area (Å²) in [4.78, 5) is 11.7. The summed E-state index contributed by atoms with van der Waals surface area (Å²) in [6.45, 7) is 21.4. The largest absolute Gasteiger partial charge is 0.481 e. The normalized spacial score (nSPS) is 51.9. The van der Waals surface area contributed by atoms with E-state index in [1.807, 2.05) is 62.3 Å². The van der Waals surface area contributed by atoms with E-state index in [1.165, 1.54) is 0 Å². The molecule has 0 spiro atoms. The van der Waals surface area contributed by atoms with Gasteiger partial charge in [0, 0.05) is 36.5 Å². The van der Waals surface area contributed by atoms with Gasteiger partial charge in [0.15, 0.2) is 17.4 Å². The van der Waals surface area contributed by atoms with E-state index < -0.39 is 76.6 Å². The highest BCUT2D eigenvalue weighted by atomic mass is 16.7. The molecule has 0 aromatic carbocycles. The molecule has 21 atom stereocenters. The van der Waals surface area contributed by atoms with E-state index in [4.69, 9.17) is 28.4 Å². The van der Waals surface area contributed by atoms with Crippen molar-refractivity contribution < 1.29 is 63.9 Å². The highest BCUT2D eigenvalue weighted by Crippen LogP contribution is 2.56. The molecule has 0 unspecified atom stereocenters. The molecule has 0 amide bonds. The van der Waals surface area contributed by atoms with Gasteiger partial charge in [-0.2, -0.15) is 0 Å². The molecule has 348 valence electrons. The third kappa shape index (κ3) is 9.40. The predicted octanol–water partition coefficient (Wildman–Crippen LogP) is 6.46. The number of hydrogen-bond donors (Lipinski definition) is 6. The van der Waals surface area contributed by atoms with E-state index in [9.17, 15) is 35.4 Å². The third-order valence-electron chi connectivity index (χ3n) is 16.8. The second kappa shape index (κ2) is 17.8. The van der Waals surface area contributed by atoms with Gasteiger partial charge in [0.25, 0.3) is 0 Å². The van der Waals surface area contributed by atoms with Crippen LogP contribution in [0.1, 0.15) is 166 Å². The third-order valence-corrected chi connectivity index (χ3v) is 16.8. The molecule has 13 nitrogen and oxygen atoms in total. The van der Waals surface area contributed by atoms with Crippen LogP contribution in [0.2, 0.25) is 0 Å². The molecule has 0 radical (unpaired) electrons. The molecule has 0 saturated carbocycles. The van der Waals surface area contributed by atoms with Gasteiger partial charge in [-0.1, -0.05) is 48.5 Å². The fraction of sp³-hybridized carbons (Fsp3) is 0.979. The first-order valence-electron chi connectivity index (χ1n) is 23.6. The molecule has 6 rings (SSSR count). The molecular weight excluding hydrogens is 773 g/mol. The molecule has 6 saturated heterocycles. The van der Waals surface area contributed by atoms with Crippen molar-refractivity contribution in [2.75, 3.05) is 0 Å². The Labute approximate surface area is 359 Å². The Hall–Kier alpha value is -0.970. The Morgan fingerprint density at radius 2 is 1.43 bits per heavy atom. The average molecular weight is 855 g/mol. The molecule has 0 aromatic heterocycles. The van der Waals surface area contributed by atoms with Crippen molar-refractivity contribution in [1.82, 2.24) is 0 Å². The van der Waals surface area contributed by atoms with Crippen LogP contribution in [-0.2, 0) is 33.2 Å². The second-order valence-electron chi connectivity index (χ2n) is 21.7. The lowest BCUT2D eigenvalue weighted by Gasteiger charge is -2.51. The molecule has 6 aliphatic rings. The van der Waals surface area contributed by atoms with Gasteiger partial charge >= 0.3 is 5.97 Å². The summed E-state index contributed by atoms with van der Waals surface area (Å²) in [7, 11) is 0. The van der Waals surface area contributed by atoms with Crippen molar-refractivity contribution in [3.8, 4) is 0 Å². The van der Waals surface area contributed by atoms with Gasteiger partial charge in [0.2, 0.25) is 0 Å². The maximum atomic E-state index is 12.4. The lowest BCUT2D eigenvalue weighted by molar-refractivity contribution is -0.352. The van der Waals surface area contributed by atoms with Crippen molar-refractivity contribution in [3.05, 3.63) is 0 Å². The molecule has 60 heavy (non-hydrogen) atoms. The fourth-order valence-electron chi connectivity index (χ4n) is 12.3. The zero-order valence-corrected chi connectivity index (χ0v) is 38.6. The molecule has 0 bridgehead atoms. The number of aliphatic hydroxyl groups is 5. The highest BCUT2D eigenvalue weighted by Gasteiger charge is 2.66. The number of rotatable bonds is 13. The summed E-state index contributed by atoms with van der Waals surface area (Å²) in [5.74, 6) is -7.05. The Balaban J connectivity index is 1.07. The number of hydrogen-bond acceptors (Lipinski definition) is 12. The van der Waals surface area contributed by atoms with Crippen LogP contribution in [0.5, 0.6) is 0 Å². The lowest BCUT2D eigenvalue weighted by Crippen LogP contribution is -2.59. The molecule has 6 heterocycles. The number of aliphatic hydroxyl groups excluding tert-OH is 1. The van der Waals surface area contributed by atoms with E-state index in [1.54, 1.807) is 6.92 Å². The van der Waals surface area contributed by atoms with Crippen LogP contribution in [-0.4, -0.2) is 120 Å². The Morgan fingerprint density at radius 1 is 0.750 bits per heavy atom. The minimum Gasteiger partial charge on any atom is -0.481 e. The molecule has 13 heteroatoms. The lowest BCUT2D eigenvalue weighted by atomic mass is 9.76. The molecule has 6 aliphatic heterocycles. The van der Waals surface area contributed by atoms with Crippen molar-refractivity contribution in [2.45, 2.75) is 249 Å². The second-order valence-corrected chi connectivity index (χ2v) is 21.7. The van der Waals surface area contributed by atoms with Crippen molar-refractivity contribution in [3.63, 3.8) is 0 Å². The number of ether oxygens (including phenoxy) is 6. The van der Waals surface area contributed by atoms with Crippen molar-refractivity contribution >= 4 is 5.97 Å².